The van der Waals surface area contributed by atoms with E-state index >= 15 is 0 Å². The van der Waals surface area contributed by atoms with Gasteiger partial charge in [-0.25, -0.2) is 4.57 Å². The van der Waals surface area contributed by atoms with Crippen molar-refractivity contribution in [2.75, 3.05) is 12.5 Å². The third-order valence-electron chi connectivity index (χ3n) is 5.37. The van der Waals surface area contributed by atoms with Crippen molar-refractivity contribution in [3.05, 3.63) is 63.7 Å². The Morgan fingerprint density at radius 1 is 1.10 bits per heavy atom. The molecule has 0 fully saturated rings. The Kier molecular flexibility index (Phi) is 3.64. The van der Waals surface area contributed by atoms with Crippen molar-refractivity contribution in [3.8, 4) is 40.0 Å². The molecule has 0 saturated heterocycles. The molecule has 0 atom stereocenters. The summed E-state index contributed by atoms with van der Waals surface area (Å²) in [4.78, 5) is 10.5. The minimum Gasteiger partial charge on any atom is -0.454 e. The number of ether oxygens (including phenoxy) is 2. The Hall–Kier alpha value is -4.12. The topological polar surface area (TPSA) is 115 Å². The molecule has 2 aromatic carbocycles. The highest BCUT2D eigenvalue weighted by Crippen LogP contribution is 2.41. The number of nitro groups is 1. The number of non-ortho nitro benzene ring substituents is 1. The highest BCUT2D eigenvalue weighted by molar-refractivity contribution is 5.80. The van der Waals surface area contributed by atoms with Crippen molar-refractivity contribution < 1.29 is 19.0 Å². The molecule has 2 aliphatic rings. The zero-order valence-corrected chi connectivity index (χ0v) is 15.2. The summed E-state index contributed by atoms with van der Waals surface area (Å²) < 4.78 is 12.9. The van der Waals surface area contributed by atoms with E-state index in [9.17, 15) is 15.4 Å². The lowest BCUT2D eigenvalue weighted by molar-refractivity contribution is -0.673. The minimum absolute atomic E-state index is 0.00868. The number of nitriles is 1. The van der Waals surface area contributed by atoms with Gasteiger partial charge in [-0.1, -0.05) is 0 Å². The molecule has 0 unspecified atom stereocenters. The van der Waals surface area contributed by atoms with Crippen molar-refractivity contribution in [2.45, 2.75) is 13.0 Å². The van der Waals surface area contributed by atoms with Gasteiger partial charge in [0.1, 0.15) is 17.3 Å². The van der Waals surface area contributed by atoms with Gasteiger partial charge >= 0.3 is 0 Å². The molecule has 2 aliphatic heterocycles. The Labute approximate surface area is 165 Å². The van der Waals surface area contributed by atoms with Gasteiger partial charge in [-0.05, 0) is 41.5 Å². The number of fused-ring (bicyclic) bond motifs is 4. The van der Waals surface area contributed by atoms with Crippen molar-refractivity contribution in [1.82, 2.24) is 0 Å². The van der Waals surface area contributed by atoms with Crippen LogP contribution in [0, 0.1) is 21.4 Å². The zero-order valence-electron chi connectivity index (χ0n) is 15.2. The van der Waals surface area contributed by atoms with E-state index in [1.165, 1.54) is 12.1 Å². The highest BCUT2D eigenvalue weighted by Gasteiger charge is 2.29. The molecule has 8 nitrogen and oxygen atoms in total. The van der Waals surface area contributed by atoms with E-state index in [0.29, 0.717) is 34.8 Å². The number of aromatic nitrogens is 1. The van der Waals surface area contributed by atoms with Gasteiger partial charge < -0.3 is 9.47 Å². The first-order valence-corrected chi connectivity index (χ1v) is 9.01. The first kappa shape index (κ1) is 17.0. The van der Waals surface area contributed by atoms with Crippen molar-refractivity contribution in [3.63, 3.8) is 0 Å². The summed E-state index contributed by atoms with van der Waals surface area (Å²) in [5, 5.41) is 20.7. The van der Waals surface area contributed by atoms with Crippen LogP contribution in [0.2, 0.25) is 0 Å². The van der Waals surface area contributed by atoms with Crippen LogP contribution in [0.5, 0.6) is 11.5 Å². The number of anilines is 1. The quantitative estimate of drug-likeness (QED) is 0.411. The van der Waals surface area contributed by atoms with Gasteiger partial charge in [0.2, 0.25) is 6.79 Å². The van der Waals surface area contributed by atoms with Gasteiger partial charge in [-0.3, -0.25) is 15.8 Å². The van der Waals surface area contributed by atoms with Gasteiger partial charge in [-0.15, -0.1) is 0 Å². The summed E-state index contributed by atoms with van der Waals surface area (Å²) in [7, 11) is 0. The Morgan fingerprint density at radius 2 is 1.83 bits per heavy atom. The van der Waals surface area contributed by atoms with E-state index in [2.05, 4.69) is 6.07 Å². The minimum atomic E-state index is -0.453. The molecule has 8 heteroatoms. The number of aryl methyl sites for hydroxylation is 1. The molecule has 2 N–H and O–H groups in total. The summed E-state index contributed by atoms with van der Waals surface area (Å²) in [6, 6.07) is 14.1. The molecule has 29 heavy (non-hydrogen) atoms. The second-order valence-corrected chi connectivity index (χ2v) is 6.88. The third-order valence-corrected chi connectivity index (χ3v) is 5.37. The molecule has 3 heterocycles. The van der Waals surface area contributed by atoms with E-state index in [1.807, 2.05) is 22.8 Å². The number of nitrogens with zero attached hydrogens (tertiary/aromatic N) is 3. The number of hydrogen-bond donors (Lipinski definition) is 1. The second kappa shape index (κ2) is 6.21. The lowest BCUT2D eigenvalue weighted by Crippen LogP contribution is -2.43. The van der Waals surface area contributed by atoms with Crippen LogP contribution < -0.4 is 19.8 Å². The van der Waals surface area contributed by atoms with Crippen LogP contribution in [0.25, 0.3) is 22.4 Å². The highest BCUT2D eigenvalue weighted by atomic mass is 16.7. The third kappa shape index (κ3) is 2.56. The van der Waals surface area contributed by atoms with E-state index in [-0.39, 0.29) is 12.5 Å². The van der Waals surface area contributed by atoms with Gasteiger partial charge in [0.05, 0.1) is 11.5 Å². The van der Waals surface area contributed by atoms with Crippen molar-refractivity contribution in [2.24, 2.45) is 0 Å². The molecule has 0 spiro atoms. The van der Waals surface area contributed by atoms with Crippen molar-refractivity contribution in [1.29, 1.82) is 5.26 Å². The van der Waals surface area contributed by atoms with Crippen molar-refractivity contribution >= 4 is 11.5 Å². The maximum atomic E-state index is 11.0. The molecule has 1 aromatic heterocycles. The summed E-state index contributed by atoms with van der Waals surface area (Å²) in [6.45, 7) is 0.838. The maximum absolute atomic E-state index is 11.0. The van der Waals surface area contributed by atoms with Crippen LogP contribution in [0.15, 0.2) is 42.5 Å². The molecule has 0 aliphatic carbocycles. The molecule has 3 aromatic rings. The van der Waals surface area contributed by atoms with Gasteiger partial charge in [0, 0.05) is 29.7 Å². The van der Waals surface area contributed by atoms with Crippen LogP contribution in [-0.2, 0) is 13.0 Å². The zero-order chi connectivity index (χ0) is 20.1. The number of rotatable bonds is 2. The lowest BCUT2D eigenvalue weighted by Gasteiger charge is -2.21. The van der Waals surface area contributed by atoms with E-state index in [0.717, 1.165) is 29.0 Å². The number of nitrogen functional groups attached to an aromatic ring is 1. The summed E-state index contributed by atoms with van der Waals surface area (Å²) >= 11 is 0. The molecule has 5 rings (SSSR count). The lowest BCUT2D eigenvalue weighted by atomic mass is 9.92. The van der Waals surface area contributed by atoms with E-state index in [4.69, 9.17) is 15.2 Å². The molecule has 0 amide bonds. The average molecular weight is 387 g/mol. The standard InChI is InChI=1S/C21H14N4O4/c22-10-17-15(12-1-3-14(4-2-12)25(26)27)8-18-16-9-20-19(28-11-29-20)7-13(16)5-6-24(18)21(17)23/h1-4,7-9,23H,5-6,11H2/p+1. The van der Waals surface area contributed by atoms with E-state index < -0.39 is 4.92 Å². The number of nitrogens with two attached hydrogens (primary N) is 1. The Morgan fingerprint density at radius 3 is 2.52 bits per heavy atom. The molecule has 142 valence electrons. The van der Waals surface area contributed by atoms with Gasteiger partial charge in [0.25, 0.3) is 11.5 Å². The predicted octanol–water partition coefficient (Wildman–Crippen LogP) is 2.95. The molecular weight excluding hydrogens is 372 g/mol. The van der Waals surface area contributed by atoms with Crippen LogP contribution in [0.1, 0.15) is 11.1 Å². The number of pyridine rings is 1. The van der Waals surface area contributed by atoms with Gasteiger partial charge in [-0.2, -0.15) is 5.26 Å². The number of nitro benzene ring substituents is 1. The average Bonchev–Trinajstić information content (AvgIpc) is 3.19. The summed E-state index contributed by atoms with van der Waals surface area (Å²) in [5.41, 5.74) is 11.0. The molecular formula is C21H15N4O4+. The molecule has 0 radical (unpaired) electrons. The monoisotopic (exact) mass is 387 g/mol. The number of hydrogen-bond acceptors (Lipinski definition) is 6. The maximum Gasteiger partial charge on any atom is 0.291 e. The SMILES string of the molecule is N#Cc1c(-c2ccc([N+](=O)[O-])cc2)cc2[n+](c1N)CCc1cc3c(cc1-2)OCO3. The fourth-order valence-electron chi connectivity index (χ4n) is 3.92. The smallest absolute Gasteiger partial charge is 0.291 e. The normalized spacial score (nSPS) is 13.3. The fourth-order valence-corrected chi connectivity index (χ4v) is 3.92. The largest absolute Gasteiger partial charge is 0.454 e. The number of benzene rings is 2. The molecule has 0 bridgehead atoms. The van der Waals surface area contributed by atoms with Gasteiger partial charge in [0.15, 0.2) is 11.5 Å². The Bertz CT molecular complexity index is 1230. The summed E-state index contributed by atoms with van der Waals surface area (Å²) in [6.07, 6.45) is 0.760. The van der Waals surface area contributed by atoms with E-state index in [1.54, 1.807) is 12.1 Å². The fraction of sp³-hybridized carbons (Fsp3) is 0.143. The predicted molar refractivity (Wildman–Crippen MR) is 103 cm³/mol. The van der Waals surface area contributed by atoms with Crippen LogP contribution in [-0.4, -0.2) is 11.7 Å². The second-order valence-electron chi connectivity index (χ2n) is 6.88. The van der Waals surface area contributed by atoms with Crippen LogP contribution >= 0.6 is 0 Å². The van der Waals surface area contributed by atoms with Crippen LogP contribution in [0.3, 0.4) is 0 Å². The first-order chi connectivity index (χ1) is 14.1. The summed E-state index contributed by atoms with van der Waals surface area (Å²) in [5.74, 6) is 1.79. The Balaban J connectivity index is 1.72. The molecule has 0 saturated carbocycles. The van der Waals surface area contributed by atoms with Crippen LogP contribution in [0.4, 0.5) is 11.5 Å². The first-order valence-electron chi connectivity index (χ1n) is 9.01.